The van der Waals surface area contributed by atoms with Crippen LogP contribution in [0.15, 0.2) is 47.1 Å². The summed E-state index contributed by atoms with van der Waals surface area (Å²) in [7, 11) is 0. The van der Waals surface area contributed by atoms with E-state index in [0.717, 1.165) is 23.4 Å². The fourth-order valence-corrected chi connectivity index (χ4v) is 3.35. The van der Waals surface area contributed by atoms with Gasteiger partial charge in [0, 0.05) is 37.4 Å². The van der Waals surface area contributed by atoms with E-state index in [-0.39, 0.29) is 12.5 Å². The largest absolute Gasteiger partial charge is 0.483 e. The van der Waals surface area contributed by atoms with E-state index in [2.05, 4.69) is 25.8 Å². The van der Waals surface area contributed by atoms with Crippen LogP contribution in [0.4, 0.5) is 5.82 Å². The van der Waals surface area contributed by atoms with Crippen molar-refractivity contribution in [1.82, 2.24) is 9.88 Å². The fourth-order valence-electron chi connectivity index (χ4n) is 2.55. The normalized spacial score (nSPS) is 14.6. The Morgan fingerprint density at radius 2 is 2.00 bits per heavy atom. The minimum atomic E-state index is -0.0162. The number of rotatable bonds is 4. The first kappa shape index (κ1) is 17.0. The Morgan fingerprint density at radius 1 is 1.21 bits per heavy atom. The number of halogens is 2. The zero-order valence-corrected chi connectivity index (χ0v) is 15.3. The Kier molecular flexibility index (Phi) is 5.58. The second kappa shape index (κ2) is 7.85. The third-order valence-electron chi connectivity index (χ3n) is 3.85. The number of anilines is 1. The molecule has 0 saturated carbocycles. The molecule has 0 aliphatic carbocycles. The predicted molar refractivity (Wildman–Crippen MR) is 97.7 cm³/mol. The highest BCUT2D eigenvalue weighted by Gasteiger charge is 2.22. The van der Waals surface area contributed by atoms with E-state index < -0.39 is 0 Å². The number of aromatic nitrogens is 1. The number of amides is 1. The molecule has 3 rings (SSSR count). The van der Waals surface area contributed by atoms with E-state index in [1.807, 2.05) is 23.1 Å². The maximum Gasteiger partial charge on any atom is 0.260 e. The highest BCUT2D eigenvalue weighted by atomic mass is 79.9. The van der Waals surface area contributed by atoms with Gasteiger partial charge in [-0.15, -0.1) is 0 Å². The first-order valence-electron chi connectivity index (χ1n) is 7.65. The third-order valence-corrected chi connectivity index (χ3v) is 4.71. The molecule has 1 fully saturated rings. The number of benzene rings is 1. The minimum Gasteiger partial charge on any atom is -0.483 e. The van der Waals surface area contributed by atoms with Crippen molar-refractivity contribution in [3.8, 4) is 5.75 Å². The molecule has 0 N–H and O–H groups in total. The maximum atomic E-state index is 12.3. The zero-order valence-electron chi connectivity index (χ0n) is 13.0. The Morgan fingerprint density at radius 3 is 2.67 bits per heavy atom. The van der Waals surface area contributed by atoms with Gasteiger partial charge in [-0.3, -0.25) is 4.79 Å². The van der Waals surface area contributed by atoms with Gasteiger partial charge in [-0.25, -0.2) is 4.98 Å². The van der Waals surface area contributed by atoms with Crippen LogP contribution in [0.25, 0.3) is 0 Å². The third kappa shape index (κ3) is 4.19. The van der Waals surface area contributed by atoms with Gasteiger partial charge in [-0.05, 0) is 46.3 Å². The first-order chi connectivity index (χ1) is 11.6. The summed E-state index contributed by atoms with van der Waals surface area (Å²) in [6.45, 7) is 2.89. The van der Waals surface area contributed by atoms with E-state index in [4.69, 9.17) is 16.3 Å². The number of hydrogen-bond donors (Lipinski definition) is 0. The molecule has 2 aromatic rings. The summed E-state index contributed by atoms with van der Waals surface area (Å²) in [5.41, 5.74) is 0. The molecule has 5 nitrogen and oxygen atoms in total. The minimum absolute atomic E-state index is 0.0162. The Hall–Kier alpha value is -1.79. The lowest BCUT2D eigenvalue weighted by Gasteiger charge is -2.35. The summed E-state index contributed by atoms with van der Waals surface area (Å²) >= 11 is 9.27. The van der Waals surface area contributed by atoms with Gasteiger partial charge in [0.05, 0.1) is 4.47 Å². The molecule has 126 valence electrons. The molecule has 7 heteroatoms. The molecule has 1 aromatic heterocycles. The van der Waals surface area contributed by atoms with Crippen molar-refractivity contribution < 1.29 is 9.53 Å². The number of piperazine rings is 1. The summed E-state index contributed by atoms with van der Waals surface area (Å²) in [5.74, 6) is 1.54. The summed E-state index contributed by atoms with van der Waals surface area (Å²) in [4.78, 5) is 20.7. The van der Waals surface area contributed by atoms with Crippen molar-refractivity contribution in [3.63, 3.8) is 0 Å². The molecule has 1 aromatic carbocycles. The van der Waals surface area contributed by atoms with Crippen molar-refractivity contribution in [2.45, 2.75) is 0 Å². The SMILES string of the molecule is O=C(COc1ccc(Cl)cc1Br)N1CCN(c2ccccn2)CC1. The van der Waals surface area contributed by atoms with Crippen molar-refractivity contribution in [1.29, 1.82) is 0 Å². The van der Waals surface area contributed by atoms with Crippen LogP contribution in [-0.4, -0.2) is 48.6 Å². The second-order valence-corrected chi connectivity index (χ2v) is 6.71. The number of carbonyl (C=O) groups excluding carboxylic acids is 1. The molecular formula is C17H17BrClN3O2. The van der Waals surface area contributed by atoms with Crippen molar-refractivity contribution in [2.24, 2.45) is 0 Å². The van der Waals surface area contributed by atoms with Crippen molar-refractivity contribution in [3.05, 3.63) is 52.1 Å². The van der Waals surface area contributed by atoms with Gasteiger partial charge in [-0.1, -0.05) is 17.7 Å². The number of hydrogen-bond acceptors (Lipinski definition) is 4. The Labute approximate surface area is 154 Å². The summed E-state index contributed by atoms with van der Waals surface area (Å²) in [6, 6.07) is 11.1. The van der Waals surface area contributed by atoms with Gasteiger partial charge >= 0.3 is 0 Å². The van der Waals surface area contributed by atoms with Gasteiger partial charge in [0.1, 0.15) is 11.6 Å². The van der Waals surface area contributed by atoms with Crippen LogP contribution in [0.1, 0.15) is 0 Å². The average molecular weight is 411 g/mol. The van der Waals surface area contributed by atoms with Crippen LogP contribution in [0.3, 0.4) is 0 Å². The van der Waals surface area contributed by atoms with Gasteiger partial charge in [0.15, 0.2) is 6.61 Å². The van der Waals surface area contributed by atoms with E-state index >= 15 is 0 Å². The van der Waals surface area contributed by atoms with Gasteiger partial charge < -0.3 is 14.5 Å². The molecular weight excluding hydrogens is 394 g/mol. The molecule has 2 heterocycles. The van der Waals surface area contributed by atoms with Crippen molar-refractivity contribution >= 4 is 39.3 Å². The quantitative estimate of drug-likeness (QED) is 0.776. The lowest BCUT2D eigenvalue weighted by molar-refractivity contribution is -0.133. The van der Waals surface area contributed by atoms with E-state index in [9.17, 15) is 4.79 Å². The summed E-state index contributed by atoms with van der Waals surface area (Å²) < 4.78 is 6.33. The monoisotopic (exact) mass is 409 g/mol. The maximum absolute atomic E-state index is 12.3. The average Bonchev–Trinajstić information content (AvgIpc) is 2.62. The lowest BCUT2D eigenvalue weighted by Crippen LogP contribution is -2.50. The van der Waals surface area contributed by atoms with E-state index in [1.165, 1.54) is 0 Å². The van der Waals surface area contributed by atoms with E-state index in [0.29, 0.717) is 23.9 Å². The first-order valence-corrected chi connectivity index (χ1v) is 8.82. The van der Waals surface area contributed by atoms with Gasteiger partial charge in [-0.2, -0.15) is 0 Å². The van der Waals surface area contributed by atoms with Crippen LogP contribution in [0, 0.1) is 0 Å². The lowest BCUT2D eigenvalue weighted by atomic mass is 10.3. The van der Waals surface area contributed by atoms with Gasteiger partial charge in [0.2, 0.25) is 0 Å². The molecule has 24 heavy (non-hydrogen) atoms. The van der Waals surface area contributed by atoms with Crippen LogP contribution in [0.5, 0.6) is 5.75 Å². The number of carbonyl (C=O) groups is 1. The molecule has 1 saturated heterocycles. The van der Waals surface area contributed by atoms with Crippen molar-refractivity contribution in [2.75, 3.05) is 37.7 Å². The summed E-state index contributed by atoms with van der Waals surface area (Å²) in [5, 5.41) is 0.617. The highest BCUT2D eigenvalue weighted by Crippen LogP contribution is 2.28. The molecule has 0 unspecified atom stereocenters. The topological polar surface area (TPSA) is 45.7 Å². The number of nitrogens with zero attached hydrogens (tertiary/aromatic N) is 3. The standard InChI is InChI=1S/C17H17BrClN3O2/c18-14-11-13(19)4-5-15(14)24-12-17(23)22-9-7-21(8-10-22)16-3-1-2-6-20-16/h1-6,11H,7-10,12H2. The molecule has 1 amide bonds. The predicted octanol–water partition coefficient (Wildman–Crippen LogP) is 3.23. The molecule has 0 radical (unpaired) electrons. The number of pyridine rings is 1. The van der Waals surface area contributed by atoms with Crippen LogP contribution >= 0.6 is 27.5 Å². The van der Waals surface area contributed by atoms with Crippen LogP contribution < -0.4 is 9.64 Å². The van der Waals surface area contributed by atoms with Crippen LogP contribution in [-0.2, 0) is 4.79 Å². The van der Waals surface area contributed by atoms with Crippen LogP contribution in [0.2, 0.25) is 5.02 Å². The molecule has 0 bridgehead atoms. The molecule has 0 spiro atoms. The Bertz CT molecular complexity index is 706. The highest BCUT2D eigenvalue weighted by molar-refractivity contribution is 9.10. The Balaban J connectivity index is 1.50. The fraction of sp³-hybridized carbons (Fsp3) is 0.294. The zero-order chi connectivity index (χ0) is 16.9. The number of ether oxygens (including phenoxy) is 1. The van der Waals surface area contributed by atoms with Gasteiger partial charge in [0.25, 0.3) is 5.91 Å². The summed E-state index contributed by atoms with van der Waals surface area (Å²) in [6.07, 6.45) is 1.78. The second-order valence-electron chi connectivity index (χ2n) is 5.42. The van der Waals surface area contributed by atoms with E-state index in [1.54, 1.807) is 24.4 Å². The molecule has 0 atom stereocenters. The molecule has 1 aliphatic heterocycles. The smallest absolute Gasteiger partial charge is 0.260 e. The molecule has 1 aliphatic rings.